The van der Waals surface area contributed by atoms with Crippen LogP contribution < -0.4 is 10.6 Å². The molecule has 0 saturated carbocycles. The van der Waals surface area contributed by atoms with Gasteiger partial charge in [0, 0.05) is 39.3 Å². The first-order valence-electron chi connectivity index (χ1n) is 11.5. The third-order valence-corrected chi connectivity index (χ3v) is 7.89. The average Bonchev–Trinajstić information content (AvgIpc) is 2.83. The molecule has 1 heterocycles. The maximum absolute atomic E-state index is 12.9. The summed E-state index contributed by atoms with van der Waals surface area (Å²) in [5.41, 5.74) is 2.58. The van der Waals surface area contributed by atoms with Crippen molar-refractivity contribution in [1.82, 2.24) is 9.62 Å². The molecule has 1 fully saturated rings. The number of carbonyl (C=O) groups is 2. The van der Waals surface area contributed by atoms with Gasteiger partial charge in [0.1, 0.15) is 0 Å². The van der Waals surface area contributed by atoms with E-state index in [0.29, 0.717) is 56.8 Å². The lowest BCUT2D eigenvalue weighted by Crippen LogP contribution is -2.42. The topological polar surface area (TPSA) is 105 Å². The van der Waals surface area contributed by atoms with Gasteiger partial charge in [-0.25, -0.2) is 12.7 Å². The summed E-state index contributed by atoms with van der Waals surface area (Å²) in [4.78, 5) is 25.4. The zero-order valence-electron chi connectivity index (χ0n) is 19.7. The van der Waals surface area contributed by atoms with Crippen LogP contribution in [0.15, 0.2) is 48.5 Å². The Kier molecular flexibility index (Phi) is 9.20. The first-order chi connectivity index (χ1) is 16.3. The van der Waals surface area contributed by atoms with Gasteiger partial charge in [0.25, 0.3) is 5.91 Å². The highest BCUT2D eigenvalue weighted by Gasteiger charge is 2.31. The van der Waals surface area contributed by atoms with E-state index in [1.807, 2.05) is 31.2 Å². The van der Waals surface area contributed by atoms with E-state index in [0.717, 1.165) is 11.1 Å². The molecule has 1 saturated heterocycles. The predicted octanol–water partition coefficient (Wildman–Crippen LogP) is 2.94. The normalized spacial score (nSPS) is 15.1. The summed E-state index contributed by atoms with van der Waals surface area (Å²) in [5.74, 6) is -0.814. The molecule has 0 atom stereocenters. The summed E-state index contributed by atoms with van der Waals surface area (Å²) < 4.78 is 32.3. The number of hydrogen-bond acceptors (Lipinski definition) is 5. The van der Waals surface area contributed by atoms with E-state index in [2.05, 4.69) is 10.6 Å². The molecule has 2 aromatic rings. The summed E-state index contributed by atoms with van der Waals surface area (Å²) in [6.45, 7) is 3.53. The van der Waals surface area contributed by atoms with E-state index in [4.69, 9.17) is 4.74 Å². The first kappa shape index (κ1) is 25.9. The number of hydrogen-bond donors (Lipinski definition) is 2. The molecular weight excluding hydrogens is 454 g/mol. The Bertz CT molecular complexity index is 1100. The minimum absolute atomic E-state index is 0.0383. The number of benzene rings is 2. The smallest absolute Gasteiger partial charge is 0.253 e. The van der Waals surface area contributed by atoms with Gasteiger partial charge in [-0.1, -0.05) is 36.4 Å². The number of rotatable bonds is 10. The molecule has 2 aromatic carbocycles. The number of para-hydroxylation sites is 1. The molecule has 0 unspecified atom stereocenters. The van der Waals surface area contributed by atoms with Gasteiger partial charge in [0.05, 0.1) is 17.0 Å². The Balaban J connectivity index is 1.56. The van der Waals surface area contributed by atoms with Crippen molar-refractivity contribution in [3.8, 4) is 0 Å². The van der Waals surface area contributed by atoms with E-state index in [1.165, 1.54) is 4.31 Å². The van der Waals surface area contributed by atoms with Crippen LogP contribution in [-0.4, -0.2) is 57.9 Å². The largest absolute Gasteiger partial charge is 0.385 e. The van der Waals surface area contributed by atoms with Crippen LogP contribution in [0.4, 0.5) is 5.69 Å². The number of ether oxygens (including phenoxy) is 1. The molecule has 9 heteroatoms. The van der Waals surface area contributed by atoms with E-state index < -0.39 is 10.0 Å². The Morgan fingerprint density at radius 1 is 1.06 bits per heavy atom. The minimum Gasteiger partial charge on any atom is -0.385 e. The van der Waals surface area contributed by atoms with Crippen LogP contribution in [0.25, 0.3) is 0 Å². The number of sulfonamides is 1. The number of nitrogens with zero attached hydrogens (tertiary/aromatic N) is 1. The Hall–Kier alpha value is -2.75. The Morgan fingerprint density at radius 3 is 2.44 bits per heavy atom. The van der Waals surface area contributed by atoms with Crippen LogP contribution in [0, 0.1) is 12.8 Å². The van der Waals surface area contributed by atoms with Gasteiger partial charge in [0.2, 0.25) is 15.9 Å². The lowest BCUT2D eigenvalue weighted by Gasteiger charge is -2.30. The molecule has 0 aliphatic carbocycles. The zero-order chi connectivity index (χ0) is 24.6. The number of piperidine rings is 1. The molecule has 0 aromatic heterocycles. The van der Waals surface area contributed by atoms with Crippen molar-refractivity contribution in [1.29, 1.82) is 0 Å². The molecule has 1 aliphatic rings. The quantitative estimate of drug-likeness (QED) is 0.502. The summed E-state index contributed by atoms with van der Waals surface area (Å²) in [6, 6.07) is 14.3. The van der Waals surface area contributed by atoms with Gasteiger partial charge in [-0.3, -0.25) is 9.59 Å². The van der Waals surface area contributed by atoms with Gasteiger partial charge < -0.3 is 15.4 Å². The van der Waals surface area contributed by atoms with Gasteiger partial charge >= 0.3 is 0 Å². The highest BCUT2D eigenvalue weighted by Crippen LogP contribution is 2.24. The fourth-order valence-electron chi connectivity index (χ4n) is 3.99. The maximum atomic E-state index is 12.9. The Labute approximate surface area is 201 Å². The van der Waals surface area contributed by atoms with E-state index in [9.17, 15) is 18.0 Å². The maximum Gasteiger partial charge on any atom is 0.253 e. The molecule has 8 nitrogen and oxygen atoms in total. The second-order valence-corrected chi connectivity index (χ2v) is 10.5. The third-order valence-electron chi connectivity index (χ3n) is 6.06. The van der Waals surface area contributed by atoms with Crippen molar-refractivity contribution < 1.29 is 22.7 Å². The van der Waals surface area contributed by atoms with Crippen molar-refractivity contribution in [2.24, 2.45) is 5.92 Å². The molecule has 184 valence electrons. The van der Waals surface area contributed by atoms with Crippen molar-refractivity contribution in [2.75, 3.05) is 38.7 Å². The van der Waals surface area contributed by atoms with Crippen LogP contribution in [0.5, 0.6) is 0 Å². The van der Waals surface area contributed by atoms with Crippen molar-refractivity contribution in [3.63, 3.8) is 0 Å². The zero-order valence-corrected chi connectivity index (χ0v) is 20.6. The molecule has 3 rings (SSSR count). The van der Waals surface area contributed by atoms with Gasteiger partial charge in [-0.15, -0.1) is 0 Å². The highest BCUT2D eigenvalue weighted by molar-refractivity contribution is 7.88. The number of methoxy groups -OCH3 is 1. The lowest BCUT2D eigenvalue weighted by atomic mass is 9.97. The van der Waals surface area contributed by atoms with Crippen LogP contribution in [0.2, 0.25) is 0 Å². The summed E-state index contributed by atoms with van der Waals surface area (Å²) in [7, 11) is -1.85. The standard InChI is InChI=1S/C25H33N3O5S/c1-19-8-3-4-9-21(19)18-34(31,32)28-15-12-20(13-16-28)24(29)27-23-11-6-5-10-22(23)25(30)26-14-7-17-33-2/h3-6,8-11,20H,7,12-18H2,1-2H3,(H,26,30)(H,27,29). The first-order valence-corrected chi connectivity index (χ1v) is 13.1. The molecule has 1 aliphatic heterocycles. The van der Waals surface area contributed by atoms with Gasteiger partial charge in [0.15, 0.2) is 0 Å². The Morgan fingerprint density at radius 2 is 1.74 bits per heavy atom. The highest BCUT2D eigenvalue weighted by atomic mass is 32.2. The fourth-order valence-corrected chi connectivity index (χ4v) is 5.66. The molecule has 0 radical (unpaired) electrons. The average molecular weight is 488 g/mol. The fraction of sp³-hybridized carbons (Fsp3) is 0.440. The van der Waals surface area contributed by atoms with Crippen LogP contribution >= 0.6 is 0 Å². The predicted molar refractivity (Wildman–Crippen MR) is 132 cm³/mol. The monoisotopic (exact) mass is 487 g/mol. The van der Waals surface area contributed by atoms with Crippen LogP contribution in [0.1, 0.15) is 40.7 Å². The minimum atomic E-state index is -3.46. The van der Waals surface area contributed by atoms with Gasteiger partial charge in [-0.2, -0.15) is 0 Å². The number of amides is 2. The van der Waals surface area contributed by atoms with Crippen LogP contribution in [0.3, 0.4) is 0 Å². The molecule has 0 bridgehead atoms. The number of nitrogens with one attached hydrogen (secondary N) is 2. The lowest BCUT2D eigenvalue weighted by molar-refractivity contribution is -0.120. The van der Waals surface area contributed by atoms with E-state index in [1.54, 1.807) is 31.4 Å². The van der Waals surface area contributed by atoms with Gasteiger partial charge in [-0.05, 0) is 49.4 Å². The molecule has 2 N–H and O–H groups in total. The number of anilines is 1. The van der Waals surface area contributed by atoms with E-state index >= 15 is 0 Å². The van der Waals surface area contributed by atoms with E-state index in [-0.39, 0.29) is 23.5 Å². The third kappa shape index (κ3) is 6.88. The van der Waals surface area contributed by atoms with Crippen molar-refractivity contribution in [3.05, 3.63) is 65.2 Å². The molecule has 34 heavy (non-hydrogen) atoms. The van der Waals surface area contributed by atoms with Crippen molar-refractivity contribution >= 4 is 27.5 Å². The molecule has 2 amide bonds. The summed E-state index contributed by atoms with van der Waals surface area (Å²) in [5, 5.41) is 5.70. The number of aryl methyl sites for hydroxylation is 1. The summed E-state index contributed by atoms with van der Waals surface area (Å²) in [6.07, 6.45) is 1.57. The van der Waals surface area contributed by atoms with Crippen LogP contribution in [-0.2, 0) is 25.3 Å². The molecular formula is C25H33N3O5S. The number of carbonyl (C=O) groups excluding carboxylic acids is 2. The second-order valence-electron chi connectivity index (χ2n) is 8.49. The molecule has 0 spiro atoms. The second kappa shape index (κ2) is 12.1. The SMILES string of the molecule is COCCCNC(=O)c1ccccc1NC(=O)C1CCN(S(=O)(=O)Cc2ccccc2C)CC1. The summed E-state index contributed by atoms with van der Waals surface area (Å²) >= 11 is 0. The van der Waals surface area contributed by atoms with Crippen molar-refractivity contribution in [2.45, 2.75) is 31.9 Å².